The van der Waals surface area contributed by atoms with Crippen molar-refractivity contribution in [2.45, 2.75) is 31.8 Å². The number of carbonyl (C=O) groups is 1. The van der Waals surface area contributed by atoms with E-state index in [1.807, 2.05) is 18.2 Å². The molecule has 0 aromatic carbocycles. The van der Waals surface area contributed by atoms with Gasteiger partial charge in [0.05, 0.1) is 6.42 Å². The molecule has 1 aliphatic heterocycles. The molecule has 1 fully saturated rings. The van der Waals surface area contributed by atoms with Crippen molar-refractivity contribution in [2.75, 3.05) is 6.61 Å². The molecular weight excluding hydrogens is 190 g/mol. The molecule has 0 spiro atoms. The number of ether oxygens (including phenoxy) is 1. The fourth-order valence-electron chi connectivity index (χ4n) is 1.79. The molecule has 1 aromatic rings. The molecule has 0 bridgehead atoms. The summed E-state index contributed by atoms with van der Waals surface area (Å²) in [6.07, 6.45) is 4.95. The highest BCUT2D eigenvalue weighted by molar-refractivity contribution is 5.84. The molecule has 1 unspecified atom stereocenters. The fourth-order valence-corrected chi connectivity index (χ4v) is 1.79. The zero-order chi connectivity index (χ0) is 10.5. The third-order valence-electron chi connectivity index (χ3n) is 2.62. The van der Waals surface area contributed by atoms with Crippen molar-refractivity contribution in [2.24, 2.45) is 0 Å². The molecule has 1 atom stereocenters. The summed E-state index contributed by atoms with van der Waals surface area (Å²) in [4.78, 5) is 15.9. The highest BCUT2D eigenvalue weighted by Gasteiger charge is 2.21. The van der Waals surface area contributed by atoms with Crippen LogP contribution in [0.2, 0.25) is 0 Å². The number of hydrogen-bond acceptors (Lipinski definition) is 3. The van der Waals surface area contributed by atoms with Gasteiger partial charge in [-0.05, 0) is 31.4 Å². The molecule has 1 aliphatic rings. The lowest BCUT2D eigenvalue weighted by Crippen LogP contribution is -2.29. The first-order chi connectivity index (χ1) is 7.36. The van der Waals surface area contributed by atoms with Gasteiger partial charge < -0.3 is 4.74 Å². The quantitative estimate of drug-likeness (QED) is 0.754. The van der Waals surface area contributed by atoms with Crippen molar-refractivity contribution in [3.05, 3.63) is 30.1 Å². The van der Waals surface area contributed by atoms with Crippen molar-refractivity contribution in [3.8, 4) is 0 Å². The Kier molecular flexibility index (Phi) is 3.45. The maximum Gasteiger partial charge on any atom is 0.167 e. The highest BCUT2D eigenvalue weighted by atomic mass is 16.5. The number of hydrogen-bond donors (Lipinski definition) is 0. The molecule has 1 saturated heterocycles. The minimum absolute atomic E-state index is 0.161. The maximum absolute atomic E-state index is 11.8. The molecule has 0 aliphatic carbocycles. The Balaban J connectivity index is 1.91. The van der Waals surface area contributed by atoms with Crippen molar-refractivity contribution in [1.82, 2.24) is 4.98 Å². The van der Waals surface area contributed by atoms with Crippen molar-refractivity contribution in [3.63, 3.8) is 0 Å². The monoisotopic (exact) mass is 205 g/mol. The first kappa shape index (κ1) is 10.3. The summed E-state index contributed by atoms with van der Waals surface area (Å²) in [7, 11) is 0. The minimum Gasteiger partial charge on any atom is -0.370 e. The van der Waals surface area contributed by atoms with Gasteiger partial charge in [0.2, 0.25) is 0 Å². The van der Waals surface area contributed by atoms with Gasteiger partial charge in [-0.25, -0.2) is 0 Å². The van der Waals surface area contributed by atoms with Crippen LogP contribution >= 0.6 is 0 Å². The van der Waals surface area contributed by atoms with Gasteiger partial charge in [0.25, 0.3) is 0 Å². The third-order valence-corrected chi connectivity index (χ3v) is 2.62. The second-order valence-electron chi connectivity index (χ2n) is 3.82. The van der Waals surface area contributed by atoms with Crippen LogP contribution in [0.3, 0.4) is 0 Å². The van der Waals surface area contributed by atoms with E-state index in [9.17, 15) is 4.79 Å². The van der Waals surface area contributed by atoms with E-state index < -0.39 is 0 Å². The van der Waals surface area contributed by atoms with Crippen LogP contribution < -0.4 is 0 Å². The molecule has 0 amide bonds. The van der Waals surface area contributed by atoms with E-state index in [-0.39, 0.29) is 11.9 Å². The lowest BCUT2D eigenvalue weighted by atomic mass is 10.0. The molecule has 15 heavy (non-hydrogen) atoms. The van der Waals surface area contributed by atoms with Gasteiger partial charge in [-0.1, -0.05) is 6.07 Å². The van der Waals surface area contributed by atoms with E-state index in [4.69, 9.17) is 4.74 Å². The second kappa shape index (κ2) is 5.03. The van der Waals surface area contributed by atoms with Crippen LogP contribution in [-0.4, -0.2) is 23.5 Å². The summed E-state index contributed by atoms with van der Waals surface area (Å²) in [5, 5.41) is 0. The summed E-state index contributed by atoms with van der Waals surface area (Å²) >= 11 is 0. The molecule has 3 heteroatoms. The molecule has 0 saturated carbocycles. The Morgan fingerprint density at radius 1 is 1.47 bits per heavy atom. The van der Waals surface area contributed by atoms with Gasteiger partial charge in [0, 0.05) is 18.5 Å². The van der Waals surface area contributed by atoms with Crippen LogP contribution in [0.4, 0.5) is 0 Å². The molecule has 3 nitrogen and oxygen atoms in total. The van der Waals surface area contributed by atoms with Crippen molar-refractivity contribution in [1.29, 1.82) is 0 Å². The molecule has 0 radical (unpaired) electrons. The fraction of sp³-hybridized carbons (Fsp3) is 0.500. The molecule has 2 heterocycles. The normalized spacial score (nSPS) is 21.2. The first-order valence-corrected chi connectivity index (χ1v) is 5.40. The molecule has 2 rings (SSSR count). The average molecular weight is 205 g/mol. The van der Waals surface area contributed by atoms with E-state index in [0.717, 1.165) is 31.6 Å². The van der Waals surface area contributed by atoms with E-state index in [1.165, 1.54) is 0 Å². The average Bonchev–Trinajstić information content (AvgIpc) is 2.31. The number of carbonyl (C=O) groups excluding carboxylic acids is 1. The number of nitrogens with zero attached hydrogens (tertiary/aromatic N) is 1. The number of Topliss-reactive ketones (excluding diaryl/α,β-unsaturated/α-hetero) is 1. The lowest BCUT2D eigenvalue weighted by molar-refractivity contribution is -0.132. The summed E-state index contributed by atoms with van der Waals surface area (Å²) in [5.41, 5.74) is 0.830. The number of pyridine rings is 1. The third kappa shape index (κ3) is 2.86. The lowest BCUT2D eigenvalue weighted by Gasteiger charge is -2.21. The molecule has 1 aromatic heterocycles. The van der Waals surface area contributed by atoms with Gasteiger partial charge >= 0.3 is 0 Å². The van der Waals surface area contributed by atoms with E-state index in [1.54, 1.807) is 6.20 Å². The van der Waals surface area contributed by atoms with E-state index in [0.29, 0.717) is 6.42 Å². The topological polar surface area (TPSA) is 39.2 Å². The Morgan fingerprint density at radius 2 is 2.40 bits per heavy atom. The van der Waals surface area contributed by atoms with E-state index in [2.05, 4.69) is 4.98 Å². The standard InChI is InChI=1S/C12H15NO2/c14-11(12-6-2-4-8-15-12)9-10-5-1-3-7-13-10/h1,3,5,7,12H,2,4,6,8-9H2. The first-order valence-electron chi connectivity index (χ1n) is 5.40. The van der Waals surface area contributed by atoms with Crippen LogP contribution in [0.15, 0.2) is 24.4 Å². The molecular formula is C12H15NO2. The molecule has 0 N–H and O–H groups in total. The Bertz CT molecular complexity index is 318. The second-order valence-corrected chi connectivity index (χ2v) is 3.82. The van der Waals surface area contributed by atoms with Crippen LogP contribution in [0, 0.1) is 0 Å². The summed E-state index contributed by atoms with van der Waals surface area (Å²) in [5.74, 6) is 0.161. The molecule has 80 valence electrons. The number of rotatable bonds is 3. The smallest absolute Gasteiger partial charge is 0.167 e. The predicted molar refractivity (Wildman–Crippen MR) is 56.5 cm³/mol. The summed E-state index contributed by atoms with van der Waals surface area (Å²) < 4.78 is 5.43. The summed E-state index contributed by atoms with van der Waals surface area (Å²) in [6, 6.07) is 5.63. The highest BCUT2D eigenvalue weighted by Crippen LogP contribution is 2.14. The van der Waals surface area contributed by atoms with Crippen molar-refractivity contribution >= 4 is 5.78 Å². The largest absolute Gasteiger partial charge is 0.370 e. The minimum atomic E-state index is -0.194. The van der Waals surface area contributed by atoms with Gasteiger partial charge in [-0.3, -0.25) is 9.78 Å². The predicted octanol–water partition coefficient (Wildman–Crippen LogP) is 1.76. The van der Waals surface area contributed by atoms with Gasteiger partial charge in [0.1, 0.15) is 6.10 Å². The van der Waals surface area contributed by atoms with Crippen molar-refractivity contribution < 1.29 is 9.53 Å². The Labute approximate surface area is 89.5 Å². The Hall–Kier alpha value is -1.22. The number of aromatic nitrogens is 1. The summed E-state index contributed by atoms with van der Waals surface area (Å²) in [6.45, 7) is 0.721. The maximum atomic E-state index is 11.8. The van der Waals surface area contributed by atoms with Gasteiger partial charge in [-0.15, -0.1) is 0 Å². The van der Waals surface area contributed by atoms with Crippen LogP contribution in [0.5, 0.6) is 0 Å². The van der Waals surface area contributed by atoms with Crippen LogP contribution in [0.1, 0.15) is 25.0 Å². The Morgan fingerprint density at radius 3 is 3.07 bits per heavy atom. The zero-order valence-corrected chi connectivity index (χ0v) is 8.69. The van der Waals surface area contributed by atoms with Gasteiger partial charge in [0.15, 0.2) is 5.78 Å². The zero-order valence-electron chi connectivity index (χ0n) is 8.69. The SMILES string of the molecule is O=C(Cc1ccccn1)C1CCCCO1. The van der Waals surface area contributed by atoms with Crippen LogP contribution in [0.25, 0.3) is 0 Å². The van der Waals surface area contributed by atoms with E-state index >= 15 is 0 Å². The number of ketones is 1. The van der Waals surface area contributed by atoms with Gasteiger partial charge in [-0.2, -0.15) is 0 Å². The van der Waals surface area contributed by atoms with Crippen LogP contribution in [-0.2, 0) is 16.0 Å².